The van der Waals surface area contributed by atoms with Gasteiger partial charge in [-0.25, -0.2) is 22.2 Å². The molecule has 27 heavy (non-hydrogen) atoms. The van der Waals surface area contributed by atoms with Crippen molar-refractivity contribution in [1.29, 1.82) is 0 Å². The third-order valence-electron chi connectivity index (χ3n) is 3.92. The average molecular weight is 400 g/mol. The molecule has 1 aromatic heterocycles. The number of rotatable bonds is 4. The first kappa shape index (κ1) is 19.2. The molecule has 0 unspecified atom stereocenters. The second-order valence-electron chi connectivity index (χ2n) is 6.34. The number of hydrogen-bond donors (Lipinski definition) is 0. The van der Waals surface area contributed by atoms with Crippen LogP contribution >= 0.6 is 11.6 Å². The van der Waals surface area contributed by atoms with Gasteiger partial charge in [-0.3, -0.25) is 0 Å². The van der Waals surface area contributed by atoms with E-state index in [4.69, 9.17) is 16.3 Å². The summed E-state index contributed by atoms with van der Waals surface area (Å²) >= 11 is 6.05. The van der Waals surface area contributed by atoms with Gasteiger partial charge in [-0.15, -0.1) is 5.10 Å². The van der Waals surface area contributed by atoms with Gasteiger partial charge in [0.25, 0.3) is 0 Å². The summed E-state index contributed by atoms with van der Waals surface area (Å²) in [6.07, 6.45) is 0. The molecule has 1 heterocycles. The Hall–Kier alpha value is -2.61. The highest BCUT2D eigenvalue weighted by Gasteiger charge is 2.32. The van der Waals surface area contributed by atoms with Crippen molar-refractivity contribution in [2.24, 2.45) is 0 Å². The number of nitrogens with zero attached hydrogens (tertiary/aromatic N) is 3. The topological polar surface area (TPSA) is 39.9 Å². The number of halogens is 5. The van der Waals surface area contributed by atoms with Crippen molar-refractivity contribution in [3.63, 3.8) is 0 Å². The first-order valence-electron chi connectivity index (χ1n) is 7.82. The molecule has 0 fully saturated rings. The molecule has 4 nitrogen and oxygen atoms in total. The van der Waals surface area contributed by atoms with Crippen LogP contribution in [0.5, 0.6) is 5.75 Å². The van der Waals surface area contributed by atoms with Crippen LogP contribution in [0, 0.1) is 30.2 Å². The molecule has 0 saturated heterocycles. The molecule has 3 rings (SSSR count). The lowest BCUT2D eigenvalue weighted by Crippen LogP contribution is -2.28. The van der Waals surface area contributed by atoms with Crippen molar-refractivity contribution in [2.75, 3.05) is 0 Å². The van der Waals surface area contributed by atoms with E-state index in [-0.39, 0.29) is 10.7 Å². The fourth-order valence-corrected chi connectivity index (χ4v) is 2.94. The maximum Gasteiger partial charge on any atom is 0.192 e. The van der Waals surface area contributed by atoms with E-state index in [1.54, 1.807) is 6.92 Å². The fraction of sp³-hybridized carbons (Fsp3) is 0.222. The van der Waals surface area contributed by atoms with Crippen LogP contribution in [0.2, 0.25) is 5.02 Å². The molecule has 0 atom stereocenters. The van der Waals surface area contributed by atoms with Crippen molar-refractivity contribution in [1.82, 2.24) is 15.0 Å². The Balaban J connectivity index is 2.00. The van der Waals surface area contributed by atoms with Crippen LogP contribution in [-0.2, 0) is 5.60 Å². The van der Waals surface area contributed by atoms with Crippen LogP contribution in [0.1, 0.15) is 25.2 Å². The van der Waals surface area contributed by atoms with Crippen LogP contribution in [0.3, 0.4) is 0 Å². The molecule has 2 aromatic carbocycles. The standard InChI is InChI=1S/C18H14ClF4N3O/c1-9-17(24-25-26(9)15-5-4-10(20)6-12(15)19)18(2,3)27-16-13(22)7-11(21)8-14(16)23/h4-8H,1-3H3. The highest BCUT2D eigenvalue weighted by molar-refractivity contribution is 6.32. The van der Waals surface area contributed by atoms with Gasteiger partial charge in [-0.1, -0.05) is 16.8 Å². The third-order valence-corrected chi connectivity index (χ3v) is 4.23. The summed E-state index contributed by atoms with van der Waals surface area (Å²) in [5, 5.41) is 8.11. The minimum Gasteiger partial charge on any atom is -0.475 e. The van der Waals surface area contributed by atoms with E-state index in [1.165, 1.54) is 30.7 Å². The average Bonchev–Trinajstić information content (AvgIpc) is 2.93. The zero-order valence-corrected chi connectivity index (χ0v) is 15.3. The molecule has 9 heteroatoms. The minimum atomic E-state index is -1.31. The van der Waals surface area contributed by atoms with Crippen molar-refractivity contribution < 1.29 is 22.3 Å². The highest BCUT2D eigenvalue weighted by Crippen LogP contribution is 2.33. The molecular formula is C18H14ClF4N3O. The SMILES string of the molecule is Cc1c(C(C)(C)Oc2c(F)cc(F)cc2F)nnn1-c1ccc(F)cc1Cl. The molecule has 0 amide bonds. The van der Waals surface area contributed by atoms with E-state index in [0.29, 0.717) is 23.5 Å². The highest BCUT2D eigenvalue weighted by atomic mass is 35.5. The minimum absolute atomic E-state index is 0.115. The molecule has 0 bridgehead atoms. The fourth-order valence-electron chi connectivity index (χ4n) is 2.70. The number of hydrogen-bond acceptors (Lipinski definition) is 3. The molecule has 0 spiro atoms. The van der Waals surface area contributed by atoms with Gasteiger partial charge >= 0.3 is 0 Å². The quantitative estimate of drug-likeness (QED) is 0.573. The Morgan fingerprint density at radius 3 is 2.22 bits per heavy atom. The van der Waals surface area contributed by atoms with Gasteiger partial charge in [-0.2, -0.15) is 0 Å². The lowest BCUT2D eigenvalue weighted by Gasteiger charge is -2.25. The normalized spacial score (nSPS) is 11.7. The summed E-state index contributed by atoms with van der Waals surface area (Å²) in [5.41, 5.74) is -0.194. The van der Waals surface area contributed by atoms with Crippen LogP contribution in [0.4, 0.5) is 17.6 Å². The molecule has 0 N–H and O–H groups in total. The van der Waals surface area contributed by atoms with Crippen molar-refractivity contribution in [3.8, 4) is 11.4 Å². The first-order chi connectivity index (χ1) is 12.6. The monoisotopic (exact) mass is 399 g/mol. The summed E-state index contributed by atoms with van der Waals surface area (Å²) in [5.74, 6) is -4.63. The van der Waals surface area contributed by atoms with Crippen molar-refractivity contribution in [3.05, 3.63) is 70.0 Å². The molecule has 0 radical (unpaired) electrons. The third kappa shape index (κ3) is 3.62. The van der Waals surface area contributed by atoms with Gasteiger partial charge in [0.1, 0.15) is 22.9 Å². The lowest BCUT2D eigenvalue weighted by molar-refractivity contribution is 0.0906. The van der Waals surface area contributed by atoms with Gasteiger partial charge in [0, 0.05) is 12.1 Å². The van der Waals surface area contributed by atoms with E-state index >= 15 is 0 Å². The Labute approximate surface area is 157 Å². The molecule has 142 valence electrons. The molecule has 0 aliphatic carbocycles. The Bertz CT molecular complexity index is 997. The summed E-state index contributed by atoms with van der Waals surface area (Å²) in [6.45, 7) is 4.71. The van der Waals surface area contributed by atoms with Gasteiger partial charge < -0.3 is 4.74 Å². The molecule has 0 aliphatic heterocycles. The second kappa shape index (κ2) is 6.84. The van der Waals surface area contributed by atoms with E-state index in [2.05, 4.69) is 10.3 Å². The molecule has 0 aliphatic rings. The first-order valence-corrected chi connectivity index (χ1v) is 8.19. The summed E-state index contributed by atoms with van der Waals surface area (Å²) < 4.78 is 61.0. The van der Waals surface area contributed by atoms with Crippen LogP contribution in [0.15, 0.2) is 30.3 Å². The van der Waals surface area contributed by atoms with E-state index in [9.17, 15) is 17.6 Å². The Kier molecular flexibility index (Phi) is 4.86. The molecule has 0 saturated carbocycles. The van der Waals surface area contributed by atoms with Gasteiger partial charge in [0.05, 0.1) is 16.4 Å². The van der Waals surface area contributed by atoms with Crippen molar-refractivity contribution in [2.45, 2.75) is 26.4 Å². The van der Waals surface area contributed by atoms with Crippen LogP contribution in [0.25, 0.3) is 5.69 Å². The predicted octanol–water partition coefficient (Wildman–Crippen LogP) is 5.10. The van der Waals surface area contributed by atoms with Gasteiger partial charge in [0.15, 0.2) is 17.4 Å². The number of ether oxygens (including phenoxy) is 1. The largest absolute Gasteiger partial charge is 0.475 e. The predicted molar refractivity (Wildman–Crippen MR) is 91.0 cm³/mol. The van der Waals surface area contributed by atoms with Gasteiger partial charge in [-0.05, 0) is 39.0 Å². The molecular weight excluding hydrogens is 386 g/mol. The Morgan fingerprint density at radius 1 is 1.00 bits per heavy atom. The zero-order chi connectivity index (χ0) is 19.9. The maximum atomic E-state index is 13.9. The zero-order valence-electron chi connectivity index (χ0n) is 14.5. The Morgan fingerprint density at radius 2 is 1.63 bits per heavy atom. The van der Waals surface area contributed by atoms with E-state index in [0.717, 1.165) is 6.07 Å². The smallest absolute Gasteiger partial charge is 0.192 e. The number of aromatic nitrogens is 3. The van der Waals surface area contributed by atoms with Crippen LogP contribution in [-0.4, -0.2) is 15.0 Å². The van der Waals surface area contributed by atoms with Crippen LogP contribution < -0.4 is 4.74 Å². The van der Waals surface area contributed by atoms with E-state index in [1.807, 2.05) is 0 Å². The van der Waals surface area contributed by atoms with E-state index < -0.39 is 34.6 Å². The maximum absolute atomic E-state index is 13.9. The number of benzene rings is 2. The van der Waals surface area contributed by atoms with Crippen molar-refractivity contribution >= 4 is 11.6 Å². The molecule has 3 aromatic rings. The summed E-state index contributed by atoms with van der Waals surface area (Å²) in [7, 11) is 0. The summed E-state index contributed by atoms with van der Waals surface area (Å²) in [4.78, 5) is 0. The summed E-state index contributed by atoms with van der Waals surface area (Å²) in [6, 6.07) is 4.82. The lowest BCUT2D eigenvalue weighted by atomic mass is 10.0. The van der Waals surface area contributed by atoms with Gasteiger partial charge in [0.2, 0.25) is 0 Å². The second-order valence-corrected chi connectivity index (χ2v) is 6.75.